The van der Waals surface area contributed by atoms with Gasteiger partial charge in [0, 0.05) is 24.3 Å². The van der Waals surface area contributed by atoms with Crippen LogP contribution in [-0.2, 0) is 0 Å². The molecule has 0 fully saturated rings. The Kier molecular flexibility index (Phi) is 4.58. The number of hydrogen-bond acceptors (Lipinski definition) is 2. The van der Waals surface area contributed by atoms with Gasteiger partial charge in [-0.15, -0.1) is 11.6 Å². The Hall–Kier alpha value is -1.33. The maximum Gasteiger partial charge on any atom is 0.162 e. The largest absolute Gasteiger partial charge is 0.490 e. The highest BCUT2D eigenvalue weighted by Crippen LogP contribution is 2.30. The lowest BCUT2D eigenvalue weighted by molar-refractivity contribution is 0.297. The normalized spacial score (nSPS) is 13.5. The van der Waals surface area contributed by atoms with Crippen molar-refractivity contribution in [1.29, 1.82) is 0 Å². The smallest absolute Gasteiger partial charge is 0.162 e. The Balaban J connectivity index is 2.08. The first-order chi connectivity index (χ1) is 8.40. The molecule has 0 N–H and O–H groups in total. The summed E-state index contributed by atoms with van der Waals surface area (Å²) in [5.74, 6) is 8.47. The Bertz CT molecular complexity index is 432. The van der Waals surface area contributed by atoms with Crippen molar-refractivity contribution in [2.24, 2.45) is 0 Å². The average Bonchev–Trinajstić information content (AvgIpc) is 2.59. The van der Waals surface area contributed by atoms with E-state index in [2.05, 4.69) is 11.8 Å². The van der Waals surface area contributed by atoms with Gasteiger partial charge in [-0.2, -0.15) is 0 Å². The van der Waals surface area contributed by atoms with Crippen LogP contribution in [0.3, 0.4) is 0 Å². The molecule has 0 bridgehead atoms. The van der Waals surface area contributed by atoms with E-state index in [1.807, 2.05) is 18.2 Å². The zero-order valence-corrected chi connectivity index (χ0v) is 10.4. The SMILES string of the molecule is ClCCCC#Cc1ccc2c(c1)OCCCO2. The molecule has 0 amide bonds. The first kappa shape index (κ1) is 12.1. The van der Waals surface area contributed by atoms with E-state index in [0.29, 0.717) is 19.1 Å². The number of benzene rings is 1. The van der Waals surface area contributed by atoms with Gasteiger partial charge in [0.25, 0.3) is 0 Å². The molecule has 1 aromatic carbocycles. The molecule has 0 unspecified atom stereocenters. The van der Waals surface area contributed by atoms with Gasteiger partial charge >= 0.3 is 0 Å². The topological polar surface area (TPSA) is 18.5 Å². The molecule has 1 heterocycles. The molecule has 0 saturated heterocycles. The lowest BCUT2D eigenvalue weighted by atomic mass is 10.2. The van der Waals surface area contributed by atoms with Gasteiger partial charge in [-0.05, 0) is 24.6 Å². The van der Waals surface area contributed by atoms with Gasteiger partial charge in [0.2, 0.25) is 0 Å². The van der Waals surface area contributed by atoms with Gasteiger partial charge in [-0.25, -0.2) is 0 Å². The molecule has 0 radical (unpaired) electrons. The zero-order valence-electron chi connectivity index (χ0n) is 9.67. The molecule has 90 valence electrons. The van der Waals surface area contributed by atoms with Crippen LogP contribution in [0.25, 0.3) is 0 Å². The molecule has 0 aromatic heterocycles. The fourth-order valence-electron chi connectivity index (χ4n) is 1.56. The summed E-state index contributed by atoms with van der Waals surface area (Å²) >= 11 is 5.59. The number of hydrogen-bond donors (Lipinski definition) is 0. The summed E-state index contributed by atoms with van der Waals surface area (Å²) in [6, 6.07) is 5.82. The Labute approximate surface area is 107 Å². The molecular weight excluding hydrogens is 236 g/mol. The van der Waals surface area contributed by atoms with Crippen LogP contribution in [-0.4, -0.2) is 19.1 Å². The zero-order chi connectivity index (χ0) is 11.9. The molecule has 0 aliphatic carbocycles. The van der Waals surface area contributed by atoms with Gasteiger partial charge in [0.05, 0.1) is 13.2 Å². The standard InChI is InChI=1S/C14H15ClO2/c15-8-3-1-2-5-12-6-7-13-14(11-12)17-10-4-9-16-13/h6-7,11H,1,3-4,8-10H2. The van der Waals surface area contributed by atoms with Crippen LogP contribution in [0.15, 0.2) is 18.2 Å². The third-order valence-electron chi connectivity index (χ3n) is 2.42. The number of alkyl halides is 1. The lowest BCUT2D eigenvalue weighted by Gasteiger charge is -2.06. The molecule has 2 rings (SSSR count). The van der Waals surface area contributed by atoms with Crippen LogP contribution >= 0.6 is 11.6 Å². The van der Waals surface area contributed by atoms with E-state index in [9.17, 15) is 0 Å². The molecule has 0 atom stereocenters. The maximum absolute atomic E-state index is 5.60. The summed E-state index contributed by atoms with van der Waals surface area (Å²) in [6.45, 7) is 1.42. The van der Waals surface area contributed by atoms with Crippen molar-refractivity contribution in [3.63, 3.8) is 0 Å². The van der Waals surface area contributed by atoms with Gasteiger partial charge in [0.15, 0.2) is 11.5 Å². The van der Waals surface area contributed by atoms with Crippen molar-refractivity contribution < 1.29 is 9.47 Å². The summed E-state index contributed by atoms with van der Waals surface area (Å²) in [7, 11) is 0. The van der Waals surface area contributed by atoms with Crippen molar-refractivity contribution in [2.45, 2.75) is 19.3 Å². The summed E-state index contributed by atoms with van der Waals surface area (Å²) in [5, 5.41) is 0. The number of rotatable bonds is 2. The van der Waals surface area contributed by atoms with Gasteiger partial charge in [-0.1, -0.05) is 11.8 Å². The van der Waals surface area contributed by atoms with Crippen LogP contribution in [0.2, 0.25) is 0 Å². The van der Waals surface area contributed by atoms with Crippen molar-refractivity contribution in [2.75, 3.05) is 19.1 Å². The monoisotopic (exact) mass is 250 g/mol. The number of unbranched alkanes of at least 4 members (excludes halogenated alkanes) is 1. The molecule has 1 aliphatic heterocycles. The fourth-order valence-corrected chi connectivity index (χ4v) is 1.69. The van der Waals surface area contributed by atoms with E-state index in [1.54, 1.807) is 0 Å². The van der Waals surface area contributed by atoms with Crippen molar-refractivity contribution in [1.82, 2.24) is 0 Å². The molecule has 1 aliphatic rings. The highest BCUT2D eigenvalue weighted by Gasteiger charge is 2.09. The van der Waals surface area contributed by atoms with Crippen LogP contribution in [0, 0.1) is 11.8 Å². The third-order valence-corrected chi connectivity index (χ3v) is 2.68. The van der Waals surface area contributed by atoms with Gasteiger partial charge < -0.3 is 9.47 Å². The minimum Gasteiger partial charge on any atom is -0.490 e. The van der Waals surface area contributed by atoms with Crippen LogP contribution in [0.4, 0.5) is 0 Å². The van der Waals surface area contributed by atoms with Gasteiger partial charge in [0.1, 0.15) is 0 Å². The Morgan fingerprint density at radius 2 is 2.00 bits per heavy atom. The first-order valence-corrected chi connectivity index (χ1v) is 6.38. The van der Waals surface area contributed by atoms with Crippen molar-refractivity contribution >= 4 is 11.6 Å². The maximum atomic E-state index is 5.60. The second-order valence-corrected chi connectivity index (χ2v) is 4.18. The predicted molar refractivity (Wildman–Crippen MR) is 68.9 cm³/mol. The van der Waals surface area contributed by atoms with E-state index in [-0.39, 0.29) is 0 Å². The highest BCUT2D eigenvalue weighted by molar-refractivity contribution is 6.17. The average molecular weight is 251 g/mol. The molecule has 0 saturated carbocycles. The molecule has 17 heavy (non-hydrogen) atoms. The first-order valence-electron chi connectivity index (χ1n) is 5.84. The van der Waals surface area contributed by atoms with E-state index >= 15 is 0 Å². The van der Waals surface area contributed by atoms with Crippen molar-refractivity contribution in [3.05, 3.63) is 23.8 Å². The predicted octanol–water partition coefficient (Wildman–Crippen LogP) is 3.22. The molecule has 3 heteroatoms. The quantitative estimate of drug-likeness (QED) is 0.456. The van der Waals surface area contributed by atoms with E-state index in [4.69, 9.17) is 21.1 Å². The van der Waals surface area contributed by atoms with E-state index in [1.165, 1.54) is 0 Å². The third kappa shape index (κ3) is 3.57. The molecular formula is C14H15ClO2. The summed E-state index contributed by atoms with van der Waals surface area (Å²) in [4.78, 5) is 0. The van der Waals surface area contributed by atoms with Crippen LogP contribution < -0.4 is 9.47 Å². The minimum atomic E-state index is 0.663. The molecule has 1 aromatic rings. The number of ether oxygens (including phenoxy) is 2. The Morgan fingerprint density at radius 1 is 1.18 bits per heavy atom. The van der Waals surface area contributed by atoms with Crippen molar-refractivity contribution in [3.8, 4) is 23.3 Å². The lowest BCUT2D eigenvalue weighted by Crippen LogP contribution is -1.97. The molecule has 2 nitrogen and oxygen atoms in total. The van der Waals surface area contributed by atoms with E-state index in [0.717, 1.165) is 36.3 Å². The minimum absolute atomic E-state index is 0.663. The fraction of sp³-hybridized carbons (Fsp3) is 0.429. The highest BCUT2D eigenvalue weighted by atomic mass is 35.5. The van der Waals surface area contributed by atoms with Crippen LogP contribution in [0.1, 0.15) is 24.8 Å². The van der Waals surface area contributed by atoms with E-state index < -0.39 is 0 Å². The second kappa shape index (κ2) is 6.42. The summed E-state index contributed by atoms with van der Waals surface area (Å²) in [6.07, 6.45) is 2.68. The summed E-state index contributed by atoms with van der Waals surface area (Å²) in [5.41, 5.74) is 0.962. The Morgan fingerprint density at radius 3 is 2.82 bits per heavy atom. The van der Waals surface area contributed by atoms with Crippen LogP contribution in [0.5, 0.6) is 11.5 Å². The number of halogens is 1. The number of fused-ring (bicyclic) bond motifs is 1. The second-order valence-electron chi connectivity index (χ2n) is 3.81. The summed E-state index contributed by atoms with van der Waals surface area (Å²) < 4.78 is 11.2. The van der Waals surface area contributed by atoms with Gasteiger partial charge in [-0.3, -0.25) is 0 Å². The molecule has 0 spiro atoms.